The van der Waals surface area contributed by atoms with Gasteiger partial charge in [-0.2, -0.15) is 0 Å². The summed E-state index contributed by atoms with van der Waals surface area (Å²) in [4.78, 5) is 59.5. The molecule has 7 rings (SSSR count). The molecular weight excluding hydrogens is 766 g/mol. The number of aliphatic imine (C=N–C) groups is 1. The van der Waals surface area contributed by atoms with Crippen LogP contribution in [0.4, 0.5) is 0 Å². The predicted octanol–water partition coefficient (Wildman–Crippen LogP) is 6.70. The number of nitrogens with zero attached hydrogens (tertiary/aromatic N) is 5. The van der Waals surface area contributed by atoms with Crippen LogP contribution in [0.3, 0.4) is 0 Å². The van der Waals surface area contributed by atoms with Crippen molar-refractivity contribution in [1.82, 2.24) is 30.3 Å². The number of aryl methyl sites for hydroxylation is 2. The normalized spacial score (nSPS) is 18.8. The Balaban J connectivity index is 0.818. The maximum absolute atomic E-state index is 13.3. The quantitative estimate of drug-likeness (QED) is 0.0830. The van der Waals surface area contributed by atoms with Crippen molar-refractivity contribution in [3.8, 4) is 10.8 Å². The number of aromatic nitrogens is 3. The molecule has 300 valence electrons. The molecule has 2 aromatic carbocycles. The Morgan fingerprint density at radius 1 is 0.930 bits per heavy atom. The average molecular weight is 814 g/mol. The number of aliphatic hydroxyl groups is 1. The van der Waals surface area contributed by atoms with E-state index in [2.05, 4.69) is 39.2 Å². The first-order chi connectivity index (χ1) is 27.5. The molecule has 15 heteroatoms. The van der Waals surface area contributed by atoms with Gasteiger partial charge in [0.1, 0.15) is 34.9 Å². The van der Waals surface area contributed by atoms with E-state index in [0.29, 0.717) is 29.7 Å². The lowest BCUT2D eigenvalue weighted by Gasteiger charge is -2.31. The first kappa shape index (κ1) is 40.3. The highest BCUT2D eigenvalue weighted by Crippen LogP contribution is 2.40. The molecule has 3 aliphatic heterocycles. The van der Waals surface area contributed by atoms with E-state index < -0.39 is 36.0 Å². The van der Waals surface area contributed by atoms with Crippen molar-refractivity contribution in [2.75, 3.05) is 13.2 Å². The molecule has 0 radical (unpaired) electrons. The Labute approximate surface area is 340 Å². The summed E-state index contributed by atoms with van der Waals surface area (Å²) < 4.78 is 8.02. The largest absolute Gasteiger partial charge is 0.493 e. The van der Waals surface area contributed by atoms with Crippen molar-refractivity contribution in [2.45, 2.75) is 110 Å². The maximum Gasteiger partial charge on any atom is 0.266 e. The van der Waals surface area contributed by atoms with E-state index in [0.717, 1.165) is 89.5 Å². The molecule has 0 aliphatic carbocycles. The van der Waals surface area contributed by atoms with Crippen molar-refractivity contribution in [3.63, 3.8) is 0 Å². The van der Waals surface area contributed by atoms with Gasteiger partial charge < -0.3 is 20.5 Å². The summed E-state index contributed by atoms with van der Waals surface area (Å²) in [6.45, 7) is 7.15. The Hall–Kier alpha value is -4.92. The second-order valence-electron chi connectivity index (χ2n) is 14.9. The molecule has 4 amide bonds. The summed E-state index contributed by atoms with van der Waals surface area (Å²) in [5.74, 6) is 0.106. The summed E-state index contributed by atoms with van der Waals surface area (Å²) in [5.41, 5.74) is 4.38. The first-order valence-electron chi connectivity index (χ1n) is 19.8. The highest BCUT2D eigenvalue weighted by atomic mass is 35.5. The highest BCUT2D eigenvalue weighted by molar-refractivity contribution is 7.15. The average Bonchev–Trinajstić information content (AvgIpc) is 3.76. The van der Waals surface area contributed by atoms with Gasteiger partial charge in [0, 0.05) is 27.6 Å². The minimum atomic E-state index is -0.973. The fraction of sp³-hybridized carbons (Fsp3) is 0.452. The van der Waals surface area contributed by atoms with Gasteiger partial charge in [0.2, 0.25) is 11.8 Å². The third-order valence-electron chi connectivity index (χ3n) is 10.9. The minimum Gasteiger partial charge on any atom is -0.493 e. The molecule has 57 heavy (non-hydrogen) atoms. The molecule has 0 saturated carbocycles. The number of carbonyl (C=O) groups excluding carboxylic acids is 4. The molecule has 4 aromatic rings. The molecule has 13 nitrogen and oxygen atoms in total. The SMILES string of the molecule is Cc1sc2c(c1C)C(c1ccc(Cl)cc1)=N[C@@H](CC(=O)NCCCCCCCCCCOc1cccc3c1C(=O)N(C1CCC(O)NC1=O)C3=O)c1nnc(C)n1-2. The van der Waals surface area contributed by atoms with Crippen molar-refractivity contribution in [1.29, 1.82) is 0 Å². The van der Waals surface area contributed by atoms with Crippen LogP contribution in [0, 0.1) is 20.8 Å². The number of thiophene rings is 1. The zero-order valence-electron chi connectivity index (χ0n) is 32.5. The Morgan fingerprint density at radius 3 is 2.39 bits per heavy atom. The van der Waals surface area contributed by atoms with E-state index in [1.165, 1.54) is 4.88 Å². The fourth-order valence-electron chi connectivity index (χ4n) is 7.78. The molecule has 3 atom stereocenters. The van der Waals surface area contributed by atoms with Crippen LogP contribution in [0.2, 0.25) is 5.02 Å². The van der Waals surface area contributed by atoms with Crippen molar-refractivity contribution in [3.05, 3.63) is 91.8 Å². The standard InChI is InChI=1S/C42H48ClN7O6S/c1-24-25(2)57-42-35(24)37(27-15-17-28(43)18-16-27)45-30(38-48-47-26(3)49(38)42)23-34(52)44-21-10-8-6-4-5-7-9-11-22-56-32-14-12-13-29-36(32)41(55)50(40(29)54)31-19-20-33(51)46-39(31)53/h12-18,30-31,33,51H,4-11,19-23H2,1-3H3,(H,44,52)(H,46,53)/t30-,31?,33?/m0/s1. The van der Waals surface area contributed by atoms with Crippen LogP contribution in [0.25, 0.3) is 5.00 Å². The van der Waals surface area contributed by atoms with Crippen LogP contribution in [-0.2, 0) is 9.59 Å². The molecular formula is C42H48ClN7O6S. The molecule has 3 N–H and O–H groups in total. The summed E-state index contributed by atoms with van der Waals surface area (Å²) in [5, 5.41) is 25.8. The molecule has 3 aliphatic rings. The molecule has 1 fully saturated rings. The lowest BCUT2D eigenvalue weighted by molar-refractivity contribution is -0.131. The zero-order valence-corrected chi connectivity index (χ0v) is 34.0. The van der Waals surface area contributed by atoms with Crippen molar-refractivity contribution >= 4 is 52.3 Å². The van der Waals surface area contributed by atoms with Gasteiger partial charge in [0.15, 0.2) is 5.82 Å². The number of piperidine rings is 1. The monoisotopic (exact) mass is 813 g/mol. The number of hydrogen-bond acceptors (Lipinski definition) is 10. The number of ether oxygens (including phenoxy) is 1. The highest BCUT2D eigenvalue weighted by Gasteiger charge is 2.46. The van der Waals surface area contributed by atoms with Crippen molar-refractivity contribution < 1.29 is 29.0 Å². The summed E-state index contributed by atoms with van der Waals surface area (Å²) in [6, 6.07) is 11.1. The number of halogens is 1. The number of hydrogen-bond donors (Lipinski definition) is 3. The number of nitrogens with one attached hydrogen (secondary N) is 2. The smallest absolute Gasteiger partial charge is 0.266 e. The van der Waals surface area contributed by atoms with Crippen LogP contribution in [0.15, 0.2) is 47.5 Å². The van der Waals surface area contributed by atoms with Gasteiger partial charge in [-0.05, 0) is 76.3 Å². The molecule has 5 heterocycles. The van der Waals surface area contributed by atoms with Crippen LogP contribution in [0.1, 0.15) is 131 Å². The summed E-state index contributed by atoms with van der Waals surface area (Å²) >= 11 is 7.91. The van der Waals surface area contributed by atoms with Crippen molar-refractivity contribution in [2.24, 2.45) is 4.99 Å². The van der Waals surface area contributed by atoms with Gasteiger partial charge in [-0.15, -0.1) is 21.5 Å². The lowest BCUT2D eigenvalue weighted by atomic mass is 9.99. The molecule has 1 saturated heterocycles. The predicted molar refractivity (Wildman–Crippen MR) is 217 cm³/mol. The van der Waals surface area contributed by atoms with Gasteiger partial charge >= 0.3 is 0 Å². The topological polar surface area (TPSA) is 168 Å². The Kier molecular flexibility index (Phi) is 12.5. The third-order valence-corrected chi connectivity index (χ3v) is 12.4. The Bertz CT molecular complexity index is 2200. The Morgan fingerprint density at radius 2 is 1.65 bits per heavy atom. The first-order valence-corrected chi connectivity index (χ1v) is 21.0. The molecule has 2 unspecified atom stereocenters. The van der Waals surface area contributed by atoms with Crippen LogP contribution < -0.4 is 15.4 Å². The second kappa shape index (κ2) is 17.7. The fourth-order valence-corrected chi connectivity index (χ4v) is 9.12. The van der Waals surface area contributed by atoms with E-state index in [-0.39, 0.29) is 36.3 Å². The third kappa shape index (κ3) is 8.53. The van der Waals surface area contributed by atoms with E-state index in [1.807, 2.05) is 31.2 Å². The molecule has 0 bridgehead atoms. The van der Waals surface area contributed by atoms with E-state index in [9.17, 15) is 24.3 Å². The lowest BCUT2D eigenvalue weighted by Crippen LogP contribution is -2.55. The van der Waals surface area contributed by atoms with E-state index in [1.54, 1.807) is 29.5 Å². The molecule has 2 aromatic heterocycles. The molecule has 0 spiro atoms. The van der Waals surface area contributed by atoms with Gasteiger partial charge in [-0.1, -0.05) is 68.3 Å². The number of fused-ring (bicyclic) bond motifs is 4. The minimum absolute atomic E-state index is 0.0714. The van der Waals surface area contributed by atoms with Crippen LogP contribution in [-0.4, -0.2) is 79.5 Å². The maximum atomic E-state index is 13.3. The summed E-state index contributed by atoms with van der Waals surface area (Å²) in [6.07, 6.45) is 7.66. The number of unbranched alkanes of at least 4 members (excludes halogenated alkanes) is 7. The number of rotatable bonds is 16. The number of aliphatic hydroxyl groups excluding tert-OH is 1. The van der Waals surface area contributed by atoms with Crippen LogP contribution >= 0.6 is 22.9 Å². The zero-order chi connectivity index (χ0) is 40.2. The van der Waals surface area contributed by atoms with Crippen LogP contribution in [0.5, 0.6) is 5.75 Å². The van der Waals surface area contributed by atoms with Gasteiger partial charge in [-0.25, -0.2) is 0 Å². The van der Waals surface area contributed by atoms with Gasteiger partial charge in [0.05, 0.1) is 29.9 Å². The second-order valence-corrected chi connectivity index (χ2v) is 16.6. The number of benzene rings is 2. The van der Waals surface area contributed by atoms with E-state index >= 15 is 0 Å². The number of carbonyl (C=O) groups is 4. The van der Waals surface area contributed by atoms with Gasteiger partial charge in [-0.3, -0.25) is 33.6 Å². The summed E-state index contributed by atoms with van der Waals surface area (Å²) in [7, 11) is 0. The number of amides is 4. The number of imide groups is 1. The van der Waals surface area contributed by atoms with Gasteiger partial charge in [0.25, 0.3) is 11.8 Å². The van der Waals surface area contributed by atoms with E-state index in [4.69, 9.17) is 21.3 Å².